The Labute approximate surface area is 178 Å². The molecule has 3 aromatic rings. The maximum atomic E-state index is 12.9. The molecular weight excluding hydrogens is 407 g/mol. The van der Waals surface area contributed by atoms with Gasteiger partial charge in [-0.2, -0.15) is 13.2 Å². The summed E-state index contributed by atoms with van der Waals surface area (Å²) in [5.74, 6) is 0.360. The van der Waals surface area contributed by atoms with E-state index in [4.69, 9.17) is 9.15 Å². The van der Waals surface area contributed by atoms with Crippen molar-refractivity contribution in [3.05, 3.63) is 54.0 Å². The smallest absolute Gasteiger partial charge is 0.416 e. The second-order valence-corrected chi connectivity index (χ2v) is 7.40. The number of ether oxygens (including phenoxy) is 1. The average molecular weight is 431 g/mol. The van der Waals surface area contributed by atoms with Crippen LogP contribution in [0.25, 0.3) is 22.0 Å². The molecular formula is C23H24F3N3O2. The van der Waals surface area contributed by atoms with Crippen LogP contribution in [-0.4, -0.2) is 47.3 Å². The SMILES string of the molecule is CCN(CC)CCOc1nc2ccccc2c2oc(C3C=CC(C(F)(F)F)=CC3)nc12. The van der Waals surface area contributed by atoms with Crippen LogP contribution in [-0.2, 0) is 0 Å². The number of aromatic nitrogens is 2. The minimum atomic E-state index is -4.35. The molecule has 5 nitrogen and oxygen atoms in total. The lowest BCUT2D eigenvalue weighted by molar-refractivity contribution is -0.0886. The number of para-hydroxylation sites is 1. The number of benzene rings is 1. The van der Waals surface area contributed by atoms with Gasteiger partial charge in [-0.3, -0.25) is 0 Å². The molecule has 1 aliphatic carbocycles. The highest BCUT2D eigenvalue weighted by Gasteiger charge is 2.34. The molecule has 0 aliphatic heterocycles. The van der Waals surface area contributed by atoms with Gasteiger partial charge in [0, 0.05) is 11.9 Å². The van der Waals surface area contributed by atoms with E-state index < -0.39 is 11.7 Å². The molecule has 4 rings (SSSR count). The van der Waals surface area contributed by atoms with Gasteiger partial charge in [0.2, 0.25) is 11.8 Å². The number of allylic oxidation sites excluding steroid dienone is 4. The molecule has 8 heteroatoms. The van der Waals surface area contributed by atoms with E-state index in [1.165, 1.54) is 12.2 Å². The fraction of sp³-hybridized carbons (Fsp3) is 0.391. The number of alkyl halides is 3. The quantitative estimate of drug-likeness (QED) is 0.485. The lowest BCUT2D eigenvalue weighted by atomic mass is 9.96. The number of hydrogen-bond acceptors (Lipinski definition) is 5. The molecule has 0 saturated heterocycles. The summed E-state index contributed by atoms with van der Waals surface area (Å²) in [5, 5.41) is 0.790. The fourth-order valence-corrected chi connectivity index (χ4v) is 3.67. The van der Waals surface area contributed by atoms with Gasteiger partial charge in [-0.1, -0.05) is 44.2 Å². The van der Waals surface area contributed by atoms with Gasteiger partial charge in [-0.05, 0) is 31.6 Å². The molecule has 0 amide bonds. The van der Waals surface area contributed by atoms with E-state index in [-0.39, 0.29) is 12.3 Å². The number of rotatable bonds is 7. The van der Waals surface area contributed by atoms with Gasteiger partial charge in [-0.25, -0.2) is 9.97 Å². The third-order valence-electron chi connectivity index (χ3n) is 5.50. The van der Waals surface area contributed by atoms with Crippen LogP contribution in [0.2, 0.25) is 0 Å². The molecule has 0 saturated carbocycles. The van der Waals surface area contributed by atoms with Crippen LogP contribution < -0.4 is 4.74 Å². The molecule has 1 unspecified atom stereocenters. The predicted octanol–water partition coefficient (Wildman–Crippen LogP) is 5.63. The standard InChI is InChI=1S/C23H24F3N3O2/c1-3-29(4-2)13-14-30-22-19-20(17-7-5-6-8-18(17)27-22)31-21(28-19)15-9-11-16(12-10-15)23(24,25)26/h5-9,11-12,15H,3-4,10,13-14H2,1-2H3. The summed E-state index contributed by atoms with van der Waals surface area (Å²) in [7, 11) is 0. The number of halogens is 3. The second-order valence-electron chi connectivity index (χ2n) is 7.40. The Kier molecular flexibility index (Phi) is 6.00. The average Bonchev–Trinajstić information content (AvgIpc) is 3.22. The fourth-order valence-electron chi connectivity index (χ4n) is 3.67. The van der Waals surface area contributed by atoms with Gasteiger partial charge >= 0.3 is 6.18 Å². The predicted molar refractivity (Wildman–Crippen MR) is 113 cm³/mol. The van der Waals surface area contributed by atoms with Crippen molar-refractivity contribution in [1.29, 1.82) is 0 Å². The van der Waals surface area contributed by atoms with E-state index >= 15 is 0 Å². The maximum Gasteiger partial charge on any atom is 0.416 e. The van der Waals surface area contributed by atoms with Crippen molar-refractivity contribution in [2.45, 2.75) is 32.4 Å². The minimum Gasteiger partial charge on any atom is -0.475 e. The lowest BCUT2D eigenvalue weighted by Crippen LogP contribution is -2.28. The number of fused-ring (bicyclic) bond motifs is 3. The van der Waals surface area contributed by atoms with Gasteiger partial charge in [0.25, 0.3) is 0 Å². The Balaban J connectivity index is 1.66. The second kappa shape index (κ2) is 8.70. The summed E-state index contributed by atoms with van der Waals surface area (Å²) < 4.78 is 50.7. The summed E-state index contributed by atoms with van der Waals surface area (Å²) in [6.45, 7) is 7.24. The Bertz CT molecular complexity index is 1130. The van der Waals surface area contributed by atoms with Crippen molar-refractivity contribution in [2.75, 3.05) is 26.2 Å². The molecule has 0 fully saturated rings. The van der Waals surface area contributed by atoms with E-state index in [0.717, 1.165) is 31.1 Å². The first-order chi connectivity index (χ1) is 14.9. The van der Waals surface area contributed by atoms with E-state index in [0.29, 0.717) is 35.0 Å². The van der Waals surface area contributed by atoms with E-state index in [1.54, 1.807) is 0 Å². The summed E-state index contributed by atoms with van der Waals surface area (Å²) in [5.41, 5.74) is 1.10. The van der Waals surface area contributed by atoms with Crippen molar-refractivity contribution in [2.24, 2.45) is 0 Å². The van der Waals surface area contributed by atoms with Gasteiger partial charge < -0.3 is 14.1 Å². The zero-order valence-electron chi connectivity index (χ0n) is 17.4. The Hall–Kier alpha value is -2.87. The molecule has 0 bridgehead atoms. The van der Waals surface area contributed by atoms with Crippen LogP contribution in [0.3, 0.4) is 0 Å². The third-order valence-corrected chi connectivity index (χ3v) is 5.50. The first-order valence-corrected chi connectivity index (χ1v) is 10.4. The maximum absolute atomic E-state index is 12.9. The van der Waals surface area contributed by atoms with Crippen molar-refractivity contribution >= 4 is 22.0 Å². The third kappa shape index (κ3) is 4.44. The molecule has 164 valence electrons. The van der Waals surface area contributed by atoms with Crippen LogP contribution in [0.1, 0.15) is 32.1 Å². The summed E-state index contributed by atoms with van der Waals surface area (Å²) in [6, 6.07) is 7.52. The molecule has 1 atom stereocenters. The molecule has 0 N–H and O–H groups in total. The highest BCUT2D eigenvalue weighted by atomic mass is 19.4. The van der Waals surface area contributed by atoms with Crippen molar-refractivity contribution in [3.8, 4) is 5.88 Å². The van der Waals surface area contributed by atoms with Crippen molar-refractivity contribution in [1.82, 2.24) is 14.9 Å². The number of nitrogens with zero attached hydrogens (tertiary/aromatic N) is 3. The van der Waals surface area contributed by atoms with E-state index in [1.807, 2.05) is 24.3 Å². The minimum absolute atomic E-state index is 0.168. The normalized spacial score (nSPS) is 17.0. The zero-order valence-corrected chi connectivity index (χ0v) is 17.4. The summed E-state index contributed by atoms with van der Waals surface area (Å²) in [4.78, 5) is 11.4. The monoisotopic (exact) mass is 431 g/mol. The lowest BCUT2D eigenvalue weighted by Gasteiger charge is -2.17. The number of hydrogen-bond donors (Lipinski definition) is 0. The Morgan fingerprint density at radius 3 is 2.61 bits per heavy atom. The molecule has 2 heterocycles. The summed E-state index contributed by atoms with van der Waals surface area (Å²) >= 11 is 0. The first-order valence-electron chi connectivity index (χ1n) is 10.4. The molecule has 0 radical (unpaired) electrons. The van der Waals surface area contributed by atoms with E-state index in [9.17, 15) is 13.2 Å². The van der Waals surface area contributed by atoms with Crippen LogP contribution in [0.15, 0.2) is 52.5 Å². The molecule has 1 aliphatic rings. The van der Waals surface area contributed by atoms with E-state index in [2.05, 4.69) is 28.7 Å². The van der Waals surface area contributed by atoms with Crippen molar-refractivity contribution in [3.63, 3.8) is 0 Å². The number of oxazole rings is 1. The molecule has 0 spiro atoms. The molecule has 31 heavy (non-hydrogen) atoms. The molecule has 1 aromatic carbocycles. The van der Waals surface area contributed by atoms with Crippen LogP contribution in [0, 0.1) is 0 Å². The topological polar surface area (TPSA) is 51.4 Å². The van der Waals surface area contributed by atoms with Crippen LogP contribution >= 0.6 is 0 Å². The first kappa shape index (κ1) is 21.4. The van der Waals surface area contributed by atoms with Crippen LogP contribution in [0.4, 0.5) is 13.2 Å². The van der Waals surface area contributed by atoms with Crippen molar-refractivity contribution < 1.29 is 22.3 Å². The molecule has 2 aromatic heterocycles. The van der Waals surface area contributed by atoms with Gasteiger partial charge in [0.05, 0.1) is 17.0 Å². The van der Waals surface area contributed by atoms with Crippen LogP contribution in [0.5, 0.6) is 5.88 Å². The van der Waals surface area contributed by atoms with Gasteiger partial charge in [0.1, 0.15) is 6.61 Å². The highest BCUT2D eigenvalue weighted by molar-refractivity contribution is 6.02. The largest absolute Gasteiger partial charge is 0.475 e. The Morgan fingerprint density at radius 1 is 1.16 bits per heavy atom. The zero-order chi connectivity index (χ0) is 22.0. The number of pyridine rings is 1. The number of likely N-dealkylation sites (N-methyl/N-ethyl adjacent to an activating group) is 1. The highest BCUT2D eigenvalue weighted by Crippen LogP contribution is 2.37. The Morgan fingerprint density at radius 2 is 1.94 bits per heavy atom. The van der Waals surface area contributed by atoms with Gasteiger partial charge in [0.15, 0.2) is 11.1 Å². The van der Waals surface area contributed by atoms with Gasteiger partial charge in [-0.15, -0.1) is 0 Å². The summed E-state index contributed by atoms with van der Waals surface area (Å²) in [6.07, 6.45) is -0.432.